The van der Waals surface area contributed by atoms with E-state index < -0.39 is 12.1 Å². The van der Waals surface area contributed by atoms with Gasteiger partial charge in [-0.25, -0.2) is 4.79 Å². The van der Waals surface area contributed by atoms with Crippen LogP contribution in [0.5, 0.6) is 11.5 Å². The lowest BCUT2D eigenvalue weighted by Gasteiger charge is -2.30. The highest BCUT2D eigenvalue weighted by atomic mass is 16.5. The number of carbonyl (C=O) groups is 1. The minimum Gasteiger partial charge on any atom is -0.490 e. The zero-order valence-electron chi connectivity index (χ0n) is 22.8. The minimum absolute atomic E-state index is 0.00907. The van der Waals surface area contributed by atoms with Crippen LogP contribution in [0, 0.1) is 12.3 Å². The van der Waals surface area contributed by atoms with Crippen LogP contribution in [-0.4, -0.2) is 28.9 Å². The fourth-order valence-electron chi connectivity index (χ4n) is 4.61. The molecular weight excluding hydrogens is 464 g/mol. The van der Waals surface area contributed by atoms with Crippen molar-refractivity contribution in [1.82, 2.24) is 0 Å². The summed E-state index contributed by atoms with van der Waals surface area (Å²) in [5.74, 6) is 0.174. The molecule has 198 valence electrons. The molecule has 3 unspecified atom stereocenters. The van der Waals surface area contributed by atoms with E-state index in [2.05, 4.69) is 19.9 Å². The van der Waals surface area contributed by atoms with Gasteiger partial charge >= 0.3 is 5.97 Å². The molecule has 0 aliphatic heterocycles. The molecule has 3 aromatic carbocycles. The van der Waals surface area contributed by atoms with Crippen LogP contribution in [0.2, 0.25) is 0 Å². The van der Waals surface area contributed by atoms with E-state index in [0.717, 1.165) is 34.4 Å². The summed E-state index contributed by atoms with van der Waals surface area (Å²) in [4.78, 5) is 12.1. The Morgan fingerprint density at radius 1 is 0.892 bits per heavy atom. The SMILES string of the molecule is CCC(c1cccc(C(=O)O)c1OCc1ccccc1)C(C)c1cccc(C)c1OCC(O)C(C)(C)C. The Morgan fingerprint density at radius 3 is 2.16 bits per heavy atom. The molecule has 0 saturated heterocycles. The van der Waals surface area contributed by atoms with E-state index in [9.17, 15) is 15.0 Å². The Labute approximate surface area is 221 Å². The fourth-order valence-corrected chi connectivity index (χ4v) is 4.61. The van der Waals surface area contributed by atoms with Crippen molar-refractivity contribution in [2.45, 2.75) is 72.5 Å². The van der Waals surface area contributed by atoms with Crippen LogP contribution in [0.25, 0.3) is 0 Å². The quantitative estimate of drug-likeness (QED) is 0.285. The summed E-state index contributed by atoms with van der Waals surface area (Å²) in [7, 11) is 0. The summed E-state index contributed by atoms with van der Waals surface area (Å²) >= 11 is 0. The zero-order valence-corrected chi connectivity index (χ0v) is 22.8. The number of benzene rings is 3. The largest absolute Gasteiger partial charge is 0.490 e. The summed E-state index contributed by atoms with van der Waals surface area (Å²) < 4.78 is 12.4. The molecule has 0 aromatic heterocycles. The van der Waals surface area contributed by atoms with Gasteiger partial charge in [-0.1, -0.05) is 95.3 Å². The molecule has 3 atom stereocenters. The number of rotatable bonds is 11. The van der Waals surface area contributed by atoms with E-state index in [1.54, 1.807) is 12.1 Å². The number of ether oxygens (including phenoxy) is 2. The standard InChI is InChI=1S/C32H40O5/c1-7-24(22(3)25-16-11-13-21(2)29(25)37-20-28(33)32(4,5)6)26-17-12-18-27(31(34)35)30(26)36-19-23-14-9-8-10-15-23/h8-18,22,24,28,33H,7,19-20H2,1-6H3,(H,34,35). The molecule has 37 heavy (non-hydrogen) atoms. The summed E-state index contributed by atoms with van der Waals surface area (Å²) in [6.45, 7) is 12.7. The zero-order chi connectivity index (χ0) is 27.2. The van der Waals surface area contributed by atoms with Crippen molar-refractivity contribution in [3.05, 3.63) is 94.5 Å². The minimum atomic E-state index is -1.01. The number of para-hydroxylation sites is 2. The topological polar surface area (TPSA) is 76.0 Å². The molecule has 3 aromatic rings. The lowest BCUT2D eigenvalue weighted by molar-refractivity contribution is 0.0212. The third kappa shape index (κ3) is 6.92. The maximum atomic E-state index is 12.1. The molecule has 0 fully saturated rings. The number of aryl methyl sites for hydroxylation is 1. The van der Waals surface area contributed by atoms with E-state index in [0.29, 0.717) is 5.75 Å². The summed E-state index contributed by atoms with van der Waals surface area (Å²) in [6.07, 6.45) is 0.173. The second kappa shape index (κ2) is 12.3. The second-order valence-electron chi connectivity index (χ2n) is 10.8. The molecule has 0 aliphatic carbocycles. The first-order valence-electron chi connectivity index (χ1n) is 13.0. The average molecular weight is 505 g/mol. The first kappa shape index (κ1) is 28.3. The van der Waals surface area contributed by atoms with Crippen molar-refractivity contribution in [1.29, 1.82) is 0 Å². The lowest BCUT2D eigenvalue weighted by atomic mass is 9.79. The highest BCUT2D eigenvalue weighted by molar-refractivity contribution is 5.91. The molecule has 0 radical (unpaired) electrons. The third-order valence-electron chi connectivity index (χ3n) is 7.06. The van der Waals surface area contributed by atoms with Crippen LogP contribution in [0.4, 0.5) is 0 Å². The molecule has 0 saturated carbocycles. The van der Waals surface area contributed by atoms with Crippen LogP contribution < -0.4 is 9.47 Å². The second-order valence-corrected chi connectivity index (χ2v) is 10.8. The number of hydrogen-bond donors (Lipinski definition) is 2. The number of carboxylic acid groups (broad SMARTS) is 1. The molecular formula is C32H40O5. The van der Waals surface area contributed by atoms with Gasteiger partial charge in [0.2, 0.25) is 0 Å². The molecule has 0 spiro atoms. The number of aromatic carboxylic acids is 1. The molecule has 0 amide bonds. The van der Waals surface area contributed by atoms with Gasteiger partial charge in [0.25, 0.3) is 0 Å². The smallest absolute Gasteiger partial charge is 0.339 e. The maximum absolute atomic E-state index is 12.1. The van der Waals surface area contributed by atoms with Gasteiger partial charge in [-0.05, 0) is 58.9 Å². The van der Waals surface area contributed by atoms with Gasteiger partial charge in [0.1, 0.15) is 30.3 Å². The summed E-state index contributed by atoms with van der Waals surface area (Å²) in [6, 6.07) is 21.2. The van der Waals surface area contributed by atoms with Crippen molar-refractivity contribution in [2.75, 3.05) is 6.61 Å². The number of aliphatic hydroxyl groups is 1. The Bertz CT molecular complexity index is 1180. The predicted molar refractivity (Wildman–Crippen MR) is 148 cm³/mol. The van der Waals surface area contributed by atoms with Gasteiger partial charge in [0, 0.05) is 0 Å². The Hall–Kier alpha value is -3.31. The van der Waals surface area contributed by atoms with Crippen LogP contribution >= 0.6 is 0 Å². The fraction of sp³-hybridized carbons (Fsp3) is 0.406. The van der Waals surface area contributed by atoms with E-state index in [-0.39, 0.29) is 36.0 Å². The molecule has 0 aliphatic rings. The van der Waals surface area contributed by atoms with Gasteiger partial charge < -0.3 is 19.7 Å². The van der Waals surface area contributed by atoms with Crippen molar-refractivity contribution in [3.63, 3.8) is 0 Å². The first-order chi connectivity index (χ1) is 17.5. The van der Waals surface area contributed by atoms with Crippen molar-refractivity contribution >= 4 is 5.97 Å². The first-order valence-corrected chi connectivity index (χ1v) is 13.0. The van der Waals surface area contributed by atoms with Gasteiger partial charge in [-0.15, -0.1) is 0 Å². The third-order valence-corrected chi connectivity index (χ3v) is 7.06. The van der Waals surface area contributed by atoms with Crippen LogP contribution in [-0.2, 0) is 6.61 Å². The summed E-state index contributed by atoms with van der Waals surface area (Å²) in [5.41, 5.74) is 3.74. The van der Waals surface area contributed by atoms with E-state index in [4.69, 9.17) is 9.47 Å². The van der Waals surface area contributed by atoms with E-state index >= 15 is 0 Å². The molecule has 0 bridgehead atoms. The number of hydrogen-bond acceptors (Lipinski definition) is 4. The van der Waals surface area contributed by atoms with Gasteiger partial charge in [-0.2, -0.15) is 0 Å². The molecule has 3 rings (SSSR count). The van der Waals surface area contributed by atoms with Crippen LogP contribution in [0.3, 0.4) is 0 Å². The van der Waals surface area contributed by atoms with Crippen LogP contribution in [0.15, 0.2) is 66.7 Å². The highest BCUT2D eigenvalue weighted by Gasteiger charge is 2.29. The summed E-state index contributed by atoms with van der Waals surface area (Å²) in [5, 5.41) is 20.5. The van der Waals surface area contributed by atoms with Gasteiger partial charge in [0.05, 0.1) is 6.10 Å². The average Bonchev–Trinajstić information content (AvgIpc) is 2.87. The molecule has 2 N–H and O–H groups in total. The van der Waals surface area contributed by atoms with E-state index in [1.807, 2.05) is 76.2 Å². The van der Waals surface area contributed by atoms with E-state index in [1.165, 1.54) is 0 Å². The van der Waals surface area contributed by atoms with Crippen molar-refractivity contribution in [2.24, 2.45) is 5.41 Å². The number of aliphatic hydroxyl groups excluding tert-OH is 1. The maximum Gasteiger partial charge on any atom is 0.339 e. The van der Waals surface area contributed by atoms with Crippen molar-refractivity contribution in [3.8, 4) is 11.5 Å². The van der Waals surface area contributed by atoms with Crippen LogP contribution in [0.1, 0.15) is 85.5 Å². The predicted octanol–water partition coefficient (Wildman–Crippen LogP) is 7.36. The highest BCUT2D eigenvalue weighted by Crippen LogP contribution is 2.44. The Balaban J connectivity index is 1.99. The van der Waals surface area contributed by atoms with Gasteiger partial charge in [0.15, 0.2) is 0 Å². The normalized spacial score (nSPS) is 14.0. The van der Waals surface area contributed by atoms with Gasteiger partial charge in [-0.3, -0.25) is 0 Å². The molecule has 0 heterocycles. The Morgan fingerprint density at radius 2 is 1.54 bits per heavy atom. The van der Waals surface area contributed by atoms with Crippen molar-refractivity contribution < 1.29 is 24.5 Å². The molecule has 5 heteroatoms. The number of carboxylic acids is 1. The monoisotopic (exact) mass is 504 g/mol. The molecule has 5 nitrogen and oxygen atoms in total. The lowest BCUT2D eigenvalue weighted by Crippen LogP contribution is -2.32. The Kier molecular flexibility index (Phi) is 9.39.